The third-order valence-corrected chi connectivity index (χ3v) is 3.74. The molecule has 18 heavy (non-hydrogen) atoms. The van der Waals surface area contributed by atoms with Crippen LogP contribution in [0.25, 0.3) is 0 Å². The van der Waals surface area contributed by atoms with E-state index in [1.165, 1.54) is 23.1 Å². The smallest absolute Gasteiger partial charge is 0.241 e. The average molecular weight is 334 g/mol. The summed E-state index contributed by atoms with van der Waals surface area (Å²) in [6.45, 7) is 0.328. The van der Waals surface area contributed by atoms with Gasteiger partial charge in [-0.1, -0.05) is 6.07 Å². The van der Waals surface area contributed by atoms with E-state index in [0.29, 0.717) is 11.0 Å². The molecule has 0 saturated carbocycles. The minimum atomic E-state index is -3.74. The van der Waals surface area contributed by atoms with Gasteiger partial charge < -0.3 is 0 Å². The van der Waals surface area contributed by atoms with Gasteiger partial charge in [-0.25, -0.2) is 17.9 Å². The number of hydrogen-bond donors (Lipinski definition) is 1. The van der Waals surface area contributed by atoms with Crippen molar-refractivity contribution in [1.29, 1.82) is 0 Å². The number of sulfonamides is 1. The van der Waals surface area contributed by atoms with Crippen molar-refractivity contribution in [2.24, 2.45) is 5.14 Å². The van der Waals surface area contributed by atoms with Crippen LogP contribution in [0.5, 0.6) is 0 Å². The number of primary sulfonamides is 1. The molecular weight excluding hydrogens is 325 g/mol. The molecule has 0 radical (unpaired) electrons. The summed E-state index contributed by atoms with van der Waals surface area (Å²) in [5.74, 6) is -0.357. The molecule has 2 aromatic rings. The Labute approximate surface area is 112 Å². The molecule has 0 fully saturated rings. The molecule has 1 aromatic heterocycles. The van der Waals surface area contributed by atoms with Gasteiger partial charge in [0.1, 0.15) is 10.7 Å². The molecule has 1 aromatic carbocycles. The van der Waals surface area contributed by atoms with E-state index in [0.717, 1.165) is 5.56 Å². The molecular formula is C10H9BrFN3O2S. The van der Waals surface area contributed by atoms with Crippen molar-refractivity contribution in [3.05, 3.63) is 46.4 Å². The summed E-state index contributed by atoms with van der Waals surface area (Å²) >= 11 is 3.08. The van der Waals surface area contributed by atoms with E-state index in [1.54, 1.807) is 12.1 Å². The van der Waals surface area contributed by atoms with Crippen LogP contribution < -0.4 is 5.14 Å². The maximum atomic E-state index is 13.0. The molecule has 1 heterocycles. The van der Waals surface area contributed by atoms with Gasteiger partial charge in [-0.3, -0.25) is 4.68 Å². The molecule has 0 amide bonds. The molecule has 2 rings (SSSR count). The Hall–Kier alpha value is -1.25. The number of aromatic nitrogens is 2. The number of rotatable bonds is 3. The minimum absolute atomic E-state index is 0.0522. The highest BCUT2D eigenvalue weighted by atomic mass is 79.9. The molecule has 8 heteroatoms. The Bertz CT molecular complexity index is 684. The van der Waals surface area contributed by atoms with E-state index in [2.05, 4.69) is 21.0 Å². The van der Waals surface area contributed by atoms with Crippen LogP contribution in [0.3, 0.4) is 0 Å². The van der Waals surface area contributed by atoms with Gasteiger partial charge in [0, 0.05) is 6.20 Å². The van der Waals surface area contributed by atoms with Crippen molar-refractivity contribution in [2.75, 3.05) is 0 Å². The third-order valence-electron chi connectivity index (χ3n) is 2.27. The Balaban J connectivity index is 2.24. The second kappa shape index (κ2) is 4.79. The number of nitrogens with two attached hydrogens (primary N) is 1. The first-order valence-electron chi connectivity index (χ1n) is 4.85. The lowest BCUT2D eigenvalue weighted by Crippen LogP contribution is -2.11. The molecule has 0 unspecified atom stereocenters. The summed E-state index contributed by atoms with van der Waals surface area (Å²) < 4.78 is 36.9. The van der Waals surface area contributed by atoms with Crippen molar-refractivity contribution >= 4 is 26.0 Å². The lowest BCUT2D eigenvalue weighted by atomic mass is 10.2. The highest BCUT2D eigenvalue weighted by Crippen LogP contribution is 2.17. The van der Waals surface area contributed by atoms with E-state index in [-0.39, 0.29) is 10.7 Å². The Morgan fingerprint density at radius 2 is 2.17 bits per heavy atom. The Morgan fingerprint density at radius 1 is 1.44 bits per heavy atom. The first-order chi connectivity index (χ1) is 8.36. The van der Waals surface area contributed by atoms with Gasteiger partial charge in [0.05, 0.1) is 17.2 Å². The summed E-state index contributed by atoms with van der Waals surface area (Å²) in [6.07, 6.45) is 2.50. The van der Waals surface area contributed by atoms with Crippen molar-refractivity contribution in [1.82, 2.24) is 9.78 Å². The van der Waals surface area contributed by atoms with Gasteiger partial charge in [0.25, 0.3) is 0 Å². The number of halogens is 2. The minimum Gasteiger partial charge on any atom is -0.267 e. The van der Waals surface area contributed by atoms with Crippen LogP contribution in [0.1, 0.15) is 5.56 Å². The van der Waals surface area contributed by atoms with Crippen LogP contribution in [0.15, 0.2) is 40.0 Å². The largest absolute Gasteiger partial charge is 0.267 e. The fourth-order valence-corrected chi connectivity index (χ4v) is 2.29. The van der Waals surface area contributed by atoms with Crippen LogP contribution in [-0.2, 0) is 16.6 Å². The van der Waals surface area contributed by atoms with Crippen molar-refractivity contribution < 1.29 is 12.8 Å². The SMILES string of the molecule is NS(=O)(=O)c1cnn(Cc2ccc(F)c(Br)c2)c1. The fourth-order valence-electron chi connectivity index (χ4n) is 1.40. The molecule has 0 aliphatic heterocycles. The maximum Gasteiger partial charge on any atom is 0.241 e. The van der Waals surface area contributed by atoms with E-state index in [1.807, 2.05) is 0 Å². The number of hydrogen-bond acceptors (Lipinski definition) is 3. The summed E-state index contributed by atoms with van der Waals surface area (Å²) in [7, 11) is -3.74. The first kappa shape index (κ1) is 13.2. The van der Waals surface area contributed by atoms with Gasteiger partial charge in [0.15, 0.2) is 0 Å². The standard InChI is InChI=1S/C10H9BrFN3O2S/c11-9-3-7(1-2-10(9)12)5-15-6-8(4-14-15)18(13,16)17/h1-4,6H,5H2,(H2,13,16,17). The third kappa shape index (κ3) is 2.95. The molecule has 0 aliphatic carbocycles. The molecule has 0 atom stereocenters. The summed E-state index contributed by atoms with van der Waals surface area (Å²) in [5.41, 5.74) is 0.785. The lowest BCUT2D eigenvalue weighted by molar-refractivity contribution is 0.597. The molecule has 0 saturated heterocycles. The number of benzene rings is 1. The highest BCUT2D eigenvalue weighted by Gasteiger charge is 2.10. The van der Waals surface area contributed by atoms with Gasteiger partial charge in [-0.15, -0.1) is 0 Å². The summed E-state index contributed by atoms with van der Waals surface area (Å²) in [6, 6.07) is 4.52. The zero-order chi connectivity index (χ0) is 13.3. The molecule has 0 spiro atoms. The van der Waals surface area contributed by atoms with E-state index in [9.17, 15) is 12.8 Å². The summed E-state index contributed by atoms with van der Waals surface area (Å²) in [4.78, 5) is -0.0522. The fraction of sp³-hybridized carbons (Fsp3) is 0.100. The predicted octanol–water partition coefficient (Wildman–Crippen LogP) is 1.48. The van der Waals surface area contributed by atoms with Crippen molar-refractivity contribution in [3.63, 3.8) is 0 Å². The molecule has 96 valence electrons. The zero-order valence-electron chi connectivity index (χ0n) is 9.05. The molecule has 0 bridgehead atoms. The average Bonchev–Trinajstić information content (AvgIpc) is 2.72. The highest BCUT2D eigenvalue weighted by molar-refractivity contribution is 9.10. The van der Waals surface area contributed by atoms with E-state index >= 15 is 0 Å². The molecule has 5 nitrogen and oxygen atoms in total. The molecule has 2 N–H and O–H groups in total. The van der Waals surface area contributed by atoms with E-state index < -0.39 is 10.0 Å². The van der Waals surface area contributed by atoms with Crippen molar-refractivity contribution in [3.8, 4) is 0 Å². The lowest BCUT2D eigenvalue weighted by Gasteiger charge is -2.03. The topological polar surface area (TPSA) is 78.0 Å². The predicted molar refractivity (Wildman–Crippen MR) is 66.8 cm³/mol. The normalized spacial score (nSPS) is 11.7. The van der Waals surface area contributed by atoms with Crippen LogP contribution in [0.2, 0.25) is 0 Å². The Kier molecular flexibility index (Phi) is 3.51. The molecule has 0 aliphatic rings. The van der Waals surface area contributed by atoms with E-state index in [4.69, 9.17) is 5.14 Å². The second-order valence-corrected chi connectivity index (χ2v) is 6.08. The van der Waals surface area contributed by atoms with Crippen LogP contribution >= 0.6 is 15.9 Å². The van der Waals surface area contributed by atoms with Gasteiger partial charge in [-0.2, -0.15) is 5.10 Å². The van der Waals surface area contributed by atoms with Gasteiger partial charge in [-0.05, 0) is 33.6 Å². The van der Waals surface area contributed by atoms with Crippen LogP contribution in [-0.4, -0.2) is 18.2 Å². The maximum absolute atomic E-state index is 13.0. The second-order valence-electron chi connectivity index (χ2n) is 3.67. The van der Waals surface area contributed by atoms with Crippen molar-refractivity contribution in [2.45, 2.75) is 11.4 Å². The van der Waals surface area contributed by atoms with Crippen LogP contribution in [0.4, 0.5) is 4.39 Å². The van der Waals surface area contributed by atoms with Crippen LogP contribution in [0, 0.1) is 5.82 Å². The van der Waals surface area contributed by atoms with Gasteiger partial charge >= 0.3 is 0 Å². The Morgan fingerprint density at radius 3 is 2.72 bits per heavy atom. The van der Waals surface area contributed by atoms with Gasteiger partial charge in [0.2, 0.25) is 10.0 Å². The number of nitrogens with zero attached hydrogens (tertiary/aromatic N) is 2. The zero-order valence-corrected chi connectivity index (χ0v) is 11.4. The quantitative estimate of drug-likeness (QED) is 0.924. The first-order valence-corrected chi connectivity index (χ1v) is 7.19. The summed E-state index contributed by atoms with van der Waals surface area (Å²) in [5, 5.41) is 8.85. The monoisotopic (exact) mass is 333 g/mol.